The van der Waals surface area contributed by atoms with E-state index in [2.05, 4.69) is 5.32 Å². The topological polar surface area (TPSA) is 86.8 Å². The molecular formula is C29H29Cl3F3N3O4S. The summed E-state index contributed by atoms with van der Waals surface area (Å²) >= 11 is 18.0. The van der Waals surface area contributed by atoms with Crippen molar-refractivity contribution < 1.29 is 31.2 Å². The van der Waals surface area contributed by atoms with Crippen LogP contribution in [0.4, 0.5) is 18.9 Å². The first-order chi connectivity index (χ1) is 19.8. The summed E-state index contributed by atoms with van der Waals surface area (Å²) in [5.41, 5.74) is -1.92. The zero-order valence-electron chi connectivity index (χ0n) is 23.5. The quantitative estimate of drug-likeness (QED) is 0.260. The number of sulfonamides is 1. The maximum Gasteiger partial charge on any atom is 0.417 e. The van der Waals surface area contributed by atoms with Gasteiger partial charge in [0, 0.05) is 12.1 Å². The lowest BCUT2D eigenvalue weighted by molar-refractivity contribution is -0.140. The smallest absolute Gasteiger partial charge is 0.350 e. The second kappa shape index (κ2) is 13.3. The van der Waals surface area contributed by atoms with Crippen LogP contribution in [0.2, 0.25) is 15.1 Å². The predicted octanol–water partition coefficient (Wildman–Crippen LogP) is 7.19. The highest BCUT2D eigenvalue weighted by Gasteiger charge is 2.37. The normalized spacial score (nSPS) is 12.9. The molecule has 14 heteroatoms. The first-order valence-electron chi connectivity index (χ1n) is 12.8. The lowest BCUT2D eigenvalue weighted by Gasteiger charge is -2.33. The lowest BCUT2D eigenvalue weighted by Crippen LogP contribution is -2.54. The van der Waals surface area contributed by atoms with E-state index in [0.717, 1.165) is 17.0 Å². The number of carbonyl (C=O) groups is 2. The molecule has 0 radical (unpaired) electrons. The van der Waals surface area contributed by atoms with Crippen molar-refractivity contribution in [2.24, 2.45) is 0 Å². The molecular weight excluding hydrogens is 650 g/mol. The number of benzene rings is 3. The molecule has 0 aliphatic rings. The van der Waals surface area contributed by atoms with Crippen LogP contribution in [-0.2, 0) is 32.3 Å². The van der Waals surface area contributed by atoms with E-state index in [9.17, 15) is 31.2 Å². The zero-order valence-corrected chi connectivity index (χ0v) is 26.6. The van der Waals surface area contributed by atoms with Gasteiger partial charge in [0.1, 0.15) is 12.6 Å². The maximum absolute atomic E-state index is 14.0. The molecule has 43 heavy (non-hydrogen) atoms. The Morgan fingerprint density at radius 3 is 2.05 bits per heavy atom. The van der Waals surface area contributed by atoms with Gasteiger partial charge >= 0.3 is 6.18 Å². The molecule has 1 atom stereocenters. The summed E-state index contributed by atoms with van der Waals surface area (Å²) in [5, 5.41) is 2.58. The molecule has 0 aliphatic carbocycles. The van der Waals surface area contributed by atoms with Gasteiger partial charge in [-0.15, -0.1) is 0 Å². The first kappa shape index (κ1) is 34.5. The maximum atomic E-state index is 14.0. The summed E-state index contributed by atoms with van der Waals surface area (Å²) in [5.74, 6) is -1.41. The Kier molecular flexibility index (Phi) is 10.7. The Hall–Kier alpha value is -2.99. The van der Waals surface area contributed by atoms with Crippen LogP contribution in [0, 0.1) is 0 Å². The van der Waals surface area contributed by atoms with Crippen molar-refractivity contribution in [2.45, 2.75) is 56.9 Å². The van der Waals surface area contributed by atoms with Gasteiger partial charge in [-0.1, -0.05) is 59.1 Å². The molecule has 0 fully saturated rings. The van der Waals surface area contributed by atoms with Gasteiger partial charge in [0.25, 0.3) is 10.0 Å². The number of carbonyl (C=O) groups excluding carboxylic acids is 2. The van der Waals surface area contributed by atoms with Gasteiger partial charge in [0.2, 0.25) is 11.8 Å². The number of hydrogen-bond acceptors (Lipinski definition) is 4. The van der Waals surface area contributed by atoms with Gasteiger partial charge < -0.3 is 10.2 Å². The average molecular weight is 679 g/mol. The van der Waals surface area contributed by atoms with Gasteiger partial charge in [-0.2, -0.15) is 13.2 Å². The second-order valence-corrected chi connectivity index (χ2v) is 13.8. The summed E-state index contributed by atoms with van der Waals surface area (Å²) in [6.07, 6.45) is -4.90. The Morgan fingerprint density at radius 1 is 0.884 bits per heavy atom. The van der Waals surface area contributed by atoms with Gasteiger partial charge in [-0.3, -0.25) is 13.9 Å². The van der Waals surface area contributed by atoms with Crippen molar-refractivity contribution >= 4 is 62.3 Å². The fourth-order valence-corrected chi connectivity index (χ4v) is 6.00. The van der Waals surface area contributed by atoms with Gasteiger partial charge in [-0.05, 0) is 75.7 Å². The van der Waals surface area contributed by atoms with Crippen LogP contribution in [0.3, 0.4) is 0 Å². The summed E-state index contributed by atoms with van der Waals surface area (Å²) in [7, 11) is -4.58. The fourth-order valence-electron chi connectivity index (χ4n) is 4.03. The Morgan fingerprint density at radius 2 is 1.49 bits per heavy atom. The third-order valence-corrected chi connectivity index (χ3v) is 9.01. The molecule has 3 aromatic rings. The highest BCUT2D eigenvalue weighted by molar-refractivity contribution is 7.92. The van der Waals surface area contributed by atoms with Crippen molar-refractivity contribution in [3.05, 3.63) is 92.9 Å². The Labute approximate surface area is 263 Å². The Bertz CT molecular complexity index is 1600. The number of anilines is 1. The standard InChI is InChI=1S/C29H29Cl3F3N3O4S/c1-18(27(40)36-28(2,3)4)37(16-19-10-12-24(31)25(32)14-19)26(39)17-38(43(41,42)21-8-6-5-7-9-21)20-11-13-23(30)22(15-20)29(33,34)35/h5-15,18H,16-17H2,1-4H3,(H,36,40). The van der Waals surface area contributed by atoms with E-state index in [-0.39, 0.29) is 21.5 Å². The molecule has 0 aromatic heterocycles. The third-order valence-electron chi connectivity index (χ3n) is 6.16. The molecule has 7 nitrogen and oxygen atoms in total. The van der Waals surface area contributed by atoms with Crippen LogP contribution >= 0.6 is 34.8 Å². The van der Waals surface area contributed by atoms with Crippen LogP contribution in [-0.4, -0.2) is 43.3 Å². The van der Waals surface area contributed by atoms with Crippen molar-refractivity contribution in [1.82, 2.24) is 10.2 Å². The number of rotatable bonds is 9. The van der Waals surface area contributed by atoms with Crippen LogP contribution in [0.25, 0.3) is 0 Å². The molecule has 0 saturated carbocycles. The molecule has 1 N–H and O–H groups in total. The minimum atomic E-state index is -4.90. The number of hydrogen-bond donors (Lipinski definition) is 1. The highest BCUT2D eigenvalue weighted by Crippen LogP contribution is 2.38. The molecule has 2 amide bonds. The zero-order chi connectivity index (χ0) is 32.3. The average Bonchev–Trinajstić information content (AvgIpc) is 2.91. The van der Waals surface area contributed by atoms with E-state index in [1.54, 1.807) is 32.9 Å². The molecule has 0 heterocycles. The monoisotopic (exact) mass is 677 g/mol. The van der Waals surface area contributed by atoms with E-state index in [1.165, 1.54) is 43.3 Å². The first-order valence-corrected chi connectivity index (χ1v) is 15.4. The summed E-state index contributed by atoms with van der Waals surface area (Å²) in [4.78, 5) is 28.0. The summed E-state index contributed by atoms with van der Waals surface area (Å²) < 4.78 is 69.4. The fraction of sp³-hybridized carbons (Fsp3) is 0.310. The van der Waals surface area contributed by atoms with Crippen LogP contribution in [0.5, 0.6) is 0 Å². The largest absolute Gasteiger partial charge is 0.417 e. The van der Waals surface area contributed by atoms with Crippen molar-refractivity contribution in [1.29, 1.82) is 0 Å². The number of nitrogens with zero attached hydrogens (tertiary/aromatic N) is 2. The third kappa shape index (κ3) is 8.78. The number of amides is 2. The molecule has 3 rings (SSSR count). The van der Waals surface area contributed by atoms with E-state index in [4.69, 9.17) is 34.8 Å². The molecule has 0 saturated heterocycles. The van der Waals surface area contributed by atoms with E-state index in [1.807, 2.05) is 0 Å². The van der Waals surface area contributed by atoms with Gasteiger partial charge in [-0.25, -0.2) is 8.42 Å². The summed E-state index contributed by atoms with van der Waals surface area (Å²) in [6, 6.07) is 12.9. The van der Waals surface area contributed by atoms with E-state index in [0.29, 0.717) is 15.9 Å². The molecule has 0 spiro atoms. The highest BCUT2D eigenvalue weighted by atomic mass is 35.5. The Balaban J connectivity index is 2.13. The summed E-state index contributed by atoms with van der Waals surface area (Å²) in [6.45, 7) is 5.56. The van der Waals surface area contributed by atoms with E-state index >= 15 is 0 Å². The number of alkyl halides is 3. The molecule has 0 aliphatic heterocycles. The van der Waals surface area contributed by atoms with Crippen LogP contribution in [0.15, 0.2) is 71.6 Å². The van der Waals surface area contributed by atoms with Crippen LogP contribution in [0.1, 0.15) is 38.8 Å². The van der Waals surface area contributed by atoms with Gasteiger partial charge in [0.15, 0.2) is 0 Å². The van der Waals surface area contributed by atoms with Gasteiger partial charge in [0.05, 0.1) is 31.2 Å². The number of nitrogens with one attached hydrogen (secondary N) is 1. The molecule has 232 valence electrons. The van der Waals surface area contributed by atoms with Crippen LogP contribution < -0.4 is 9.62 Å². The molecule has 0 bridgehead atoms. The minimum absolute atomic E-state index is 0.187. The van der Waals surface area contributed by atoms with Crippen molar-refractivity contribution in [3.8, 4) is 0 Å². The SMILES string of the molecule is CC(C(=O)NC(C)(C)C)N(Cc1ccc(Cl)c(Cl)c1)C(=O)CN(c1ccc(Cl)c(C(F)(F)F)c1)S(=O)(=O)c1ccccc1. The van der Waals surface area contributed by atoms with Crippen molar-refractivity contribution in [3.63, 3.8) is 0 Å². The lowest BCUT2D eigenvalue weighted by atomic mass is 10.1. The van der Waals surface area contributed by atoms with Crippen molar-refractivity contribution in [2.75, 3.05) is 10.8 Å². The second-order valence-electron chi connectivity index (χ2n) is 10.7. The molecule has 1 unspecified atom stereocenters. The number of halogens is 6. The van der Waals surface area contributed by atoms with E-state index < -0.39 is 62.4 Å². The predicted molar refractivity (Wildman–Crippen MR) is 162 cm³/mol. The minimum Gasteiger partial charge on any atom is -0.350 e. The molecule has 3 aromatic carbocycles.